The van der Waals surface area contributed by atoms with Gasteiger partial charge in [0, 0.05) is 17.5 Å². The lowest BCUT2D eigenvalue weighted by Gasteiger charge is -2.06. The van der Waals surface area contributed by atoms with Gasteiger partial charge in [-0.2, -0.15) is 0 Å². The number of carbonyl (C=O) groups excluding carboxylic acids is 1. The summed E-state index contributed by atoms with van der Waals surface area (Å²) in [6, 6.07) is 13.8. The molecule has 29 heavy (non-hydrogen) atoms. The van der Waals surface area contributed by atoms with Gasteiger partial charge in [0.15, 0.2) is 0 Å². The maximum absolute atomic E-state index is 12.5. The molecule has 6 heteroatoms. The normalized spacial score (nSPS) is 11.1. The van der Waals surface area contributed by atoms with Gasteiger partial charge in [0.1, 0.15) is 5.01 Å². The highest BCUT2D eigenvalue weighted by atomic mass is 32.1. The van der Waals surface area contributed by atoms with E-state index in [1.807, 2.05) is 30.4 Å². The van der Waals surface area contributed by atoms with Crippen molar-refractivity contribution in [3.8, 4) is 0 Å². The zero-order chi connectivity index (χ0) is 20.8. The van der Waals surface area contributed by atoms with E-state index < -0.39 is 5.97 Å². The number of carboxylic acid groups (broad SMARTS) is 1. The maximum Gasteiger partial charge on any atom is 0.335 e. The largest absolute Gasteiger partial charge is 0.478 e. The Labute approximate surface area is 173 Å². The molecule has 1 heterocycles. The van der Waals surface area contributed by atoms with E-state index in [9.17, 15) is 9.59 Å². The van der Waals surface area contributed by atoms with Gasteiger partial charge in [-0.25, -0.2) is 9.78 Å². The summed E-state index contributed by atoms with van der Waals surface area (Å²) < 4.78 is 0. The second kappa shape index (κ2) is 9.30. The van der Waals surface area contributed by atoms with Crippen molar-refractivity contribution in [2.45, 2.75) is 26.3 Å². The first-order valence-corrected chi connectivity index (χ1v) is 10.1. The highest BCUT2D eigenvalue weighted by Crippen LogP contribution is 2.19. The molecule has 2 N–H and O–H groups in total. The summed E-state index contributed by atoms with van der Waals surface area (Å²) in [6.45, 7) is 4.56. The van der Waals surface area contributed by atoms with Crippen molar-refractivity contribution >= 4 is 35.4 Å². The summed E-state index contributed by atoms with van der Waals surface area (Å²) in [6.07, 6.45) is 3.90. The van der Waals surface area contributed by atoms with E-state index in [-0.39, 0.29) is 11.5 Å². The van der Waals surface area contributed by atoms with Crippen molar-refractivity contribution in [1.29, 1.82) is 0 Å². The van der Waals surface area contributed by atoms with Crippen LogP contribution in [0.15, 0.2) is 53.9 Å². The summed E-state index contributed by atoms with van der Waals surface area (Å²) in [5.41, 5.74) is 3.63. The second-order valence-electron chi connectivity index (χ2n) is 6.91. The topological polar surface area (TPSA) is 79.3 Å². The molecular formula is C23H22N2O3S. The van der Waals surface area contributed by atoms with Gasteiger partial charge in [0.05, 0.1) is 11.3 Å². The zero-order valence-corrected chi connectivity index (χ0v) is 17.1. The molecule has 0 saturated heterocycles. The molecule has 1 amide bonds. The molecule has 5 nitrogen and oxygen atoms in total. The minimum atomic E-state index is -0.969. The maximum atomic E-state index is 12.5. The molecule has 0 spiro atoms. The van der Waals surface area contributed by atoms with E-state index in [4.69, 9.17) is 5.11 Å². The highest BCUT2D eigenvalue weighted by Gasteiger charge is 2.07. The van der Waals surface area contributed by atoms with Gasteiger partial charge in [0.25, 0.3) is 5.91 Å². The van der Waals surface area contributed by atoms with E-state index in [0.717, 1.165) is 21.8 Å². The van der Waals surface area contributed by atoms with Gasteiger partial charge in [-0.3, -0.25) is 4.79 Å². The molecule has 0 atom stereocenters. The van der Waals surface area contributed by atoms with Crippen LogP contribution in [0.5, 0.6) is 0 Å². The van der Waals surface area contributed by atoms with Gasteiger partial charge in [-0.15, -0.1) is 11.3 Å². The molecule has 0 saturated carbocycles. The predicted octanol–water partition coefficient (Wildman–Crippen LogP) is 5.07. The number of amides is 1. The molecule has 2 aromatic carbocycles. The Balaban J connectivity index is 1.62. The van der Waals surface area contributed by atoms with Crippen LogP contribution in [0.2, 0.25) is 0 Å². The van der Waals surface area contributed by atoms with E-state index in [1.165, 1.54) is 12.1 Å². The molecule has 0 aliphatic rings. The Morgan fingerprint density at radius 1 is 1.10 bits per heavy atom. The molecule has 1 aromatic heterocycles. The van der Waals surface area contributed by atoms with Gasteiger partial charge < -0.3 is 10.4 Å². The predicted molar refractivity (Wildman–Crippen MR) is 116 cm³/mol. The van der Waals surface area contributed by atoms with Gasteiger partial charge in [-0.05, 0) is 47.4 Å². The first kappa shape index (κ1) is 20.5. The van der Waals surface area contributed by atoms with Gasteiger partial charge in [0.2, 0.25) is 0 Å². The average molecular weight is 407 g/mol. The Morgan fingerprint density at radius 3 is 2.52 bits per heavy atom. The third kappa shape index (κ3) is 5.62. The number of carboxylic acids is 1. The number of nitrogens with one attached hydrogen (secondary N) is 1. The quantitative estimate of drug-likeness (QED) is 0.574. The molecule has 3 aromatic rings. The number of hydrogen-bond donors (Lipinski definition) is 2. The molecule has 0 unspecified atom stereocenters. The van der Waals surface area contributed by atoms with Crippen molar-refractivity contribution in [1.82, 2.24) is 10.3 Å². The number of nitrogens with zero attached hydrogens (tertiary/aromatic N) is 1. The zero-order valence-electron chi connectivity index (χ0n) is 16.3. The third-order valence-electron chi connectivity index (χ3n) is 4.35. The minimum Gasteiger partial charge on any atom is -0.478 e. The van der Waals surface area contributed by atoms with Crippen molar-refractivity contribution < 1.29 is 14.7 Å². The molecule has 0 aliphatic carbocycles. The number of rotatable bonds is 7. The first-order valence-electron chi connectivity index (χ1n) is 9.26. The Hall–Kier alpha value is -3.25. The monoisotopic (exact) mass is 406 g/mol. The van der Waals surface area contributed by atoms with Crippen LogP contribution < -0.4 is 5.32 Å². The summed E-state index contributed by atoms with van der Waals surface area (Å²) in [5.74, 6) is -0.747. The average Bonchev–Trinajstić information content (AvgIpc) is 3.20. The number of aromatic nitrogens is 1. The fraction of sp³-hybridized carbons (Fsp3) is 0.174. The Kier molecular flexibility index (Phi) is 6.57. The van der Waals surface area contributed by atoms with Crippen molar-refractivity contribution in [3.05, 3.63) is 86.9 Å². The lowest BCUT2D eigenvalue weighted by Crippen LogP contribution is -2.22. The molecule has 0 fully saturated rings. The van der Waals surface area contributed by atoms with Crippen LogP contribution in [0.25, 0.3) is 12.2 Å². The van der Waals surface area contributed by atoms with Crippen LogP contribution in [0.4, 0.5) is 0 Å². The molecular weight excluding hydrogens is 384 g/mol. The number of hydrogen-bond acceptors (Lipinski definition) is 4. The highest BCUT2D eigenvalue weighted by molar-refractivity contribution is 7.10. The lowest BCUT2D eigenvalue weighted by atomic mass is 10.1. The molecule has 0 radical (unpaired) electrons. The summed E-state index contributed by atoms with van der Waals surface area (Å²) >= 11 is 1.60. The first-order chi connectivity index (χ1) is 13.9. The van der Waals surface area contributed by atoms with Gasteiger partial charge >= 0.3 is 5.97 Å². The van der Waals surface area contributed by atoms with Crippen LogP contribution in [0.3, 0.4) is 0 Å². The lowest BCUT2D eigenvalue weighted by molar-refractivity contribution is 0.0696. The Morgan fingerprint density at radius 2 is 1.86 bits per heavy atom. The van der Waals surface area contributed by atoms with Crippen molar-refractivity contribution in [2.75, 3.05) is 0 Å². The molecule has 148 valence electrons. The summed E-state index contributed by atoms with van der Waals surface area (Å²) in [4.78, 5) is 27.9. The van der Waals surface area contributed by atoms with E-state index in [2.05, 4.69) is 29.5 Å². The summed E-state index contributed by atoms with van der Waals surface area (Å²) in [7, 11) is 0. The van der Waals surface area contributed by atoms with E-state index in [0.29, 0.717) is 18.0 Å². The second-order valence-corrected chi connectivity index (χ2v) is 7.80. The number of aromatic carboxylic acids is 1. The number of benzene rings is 2. The standard InChI is InChI=1S/C23H22N2O3S/c1-15(2)20-14-29-21(25-20)11-8-16-4-3-5-19(12-16)22(26)24-13-17-6-9-18(10-7-17)23(27)28/h3-12,14-15H,13H2,1-2H3,(H,24,26)(H,27,28)/b11-8+. The van der Waals surface area contributed by atoms with E-state index >= 15 is 0 Å². The van der Waals surface area contributed by atoms with Crippen LogP contribution in [0, 0.1) is 0 Å². The van der Waals surface area contributed by atoms with Crippen LogP contribution in [-0.4, -0.2) is 22.0 Å². The minimum absolute atomic E-state index is 0.182. The Bertz CT molecular complexity index is 1040. The summed E-state index contributed by atoms with van der Waals surface area (Å²) in [5, 5.41) is 14.8. The molecule has 3 rings (SSSR count). The fourth-order valence-corrected chi connectivity index (χ4v) is 3.51. The smallest absolute Gasteiger partial charge is 0.335 e. The number of carbonyl (C=O) groups is 2. The van der Waals surface area contributed by atoms with Crippen molar-refractivity contribution in [3.63, 3.8) is 0 Å². The molecule has 0 aliphatic heterocycles. The third-order valence-corrected chi connectivity index (χ3v) is 5.18. The number of thiazole rings is 1. The van der Waals surface area contributed by atoms with E-state index in [1.54, 1.807) is 29.5 Å². The fourth-order valence-electron chi connectivity index (χ4n) is 2.64. The van der Waals surface area contributed by atoms with Gasteiger partial charge in [-0.1, -0.05) is 44.2 Å². The van der Waals surface area contributed by atoms with Crippen LogP contribution >= 0.6 is 11.3 Å². The SMILES string of the molecule is CC(C)c1csc(/C=C/c2cccc(C(=O)NCc3ccc(C(=O)O)cc3)c2)n1. The molecule has 0 bridgehead atoms. The van der Waals surface area contributed by atoms with Crippen LogP contribution in [-0.2, 0) is 6.54 Å². The van der Waals surface area contributed by atoms with Crippen LogP contribution in [0.1, 0.15) is 62.3 Å². The van der Waals surface area contributed by atoms with Crippen molar-refractivity contribution in [2.24, 2.45) is 0 Å².